The van der Waals surface area contributed by atoms with Crippen LogP contribution >= 0.6 is 0 Å². The lowest BCUT2D eigenvalue weighted by Gasteiger charge is -2.06. The number of ether oxygens (including phenoxy) is 1. The summed E-state index contributed by atoms with van der Waals surface area (Å²) in [6.07, 6.45) is 8.83. The molecule has 0 saturated heterocycles. The van der Waals surface area contributed by atoms with Gasteiger partial charge in [-0.15, -0.1) is 0 Å². The summed E-state index contributed by atoms with van der Waals surface area (Å²) in [4.78, 5) is 16.6. The quantitative estimate of drug-likeness (QED) is 0.513. The average Bonchev–Trinajstić information content (AvgIpc) is 3.23. The van der Waals surface area contributed by atoms with Crippen LogP contribution in [-0.2, 0) is 23.1 Å². The first-order chi connectivity index (χ1) is 12.2. The number of carbonyl (C=O) groups excluding carboxylic acids is 1. The highest BCUT2D eigenvalue weighted by molar-refractivity contribution is 6.20. The molecule has 0 atom stereocenters. The number of nitrogens with zero attached hydrogens (tertiary/aromatic N) is 4. The van der Waals surface area contributed by atoms with Gasteiger partial charge in [-0.2, -0.15) is 5.10 Å². The van der Waals surface area contributed by atoms with E-state index in [1.165, 1.54) is 0 Å². The Bertz CT molecular complexity index is 878. The summed E-state index contributed by atoms with van der Waals surface area (Å²) in [5.74, 6) is 0.168. The van der Waals surface area contributed by atoms with Crippen LogP contribution in [-0.4, -0.2) is 31.9 Å². The Hall–Kier alpha value is -3.15. The van der Waals surface area contributed by atoms with Gasteiger partial charge < -0.3 is 9.30 Å². The van der Waals surface area contributed by atoms with Gasteiger partial charge in [0.05, 0.1) is 19.3 Å². The predicted molar refractivity (Wildman–Crippen MR) is 95.5 cm³/mol. The molecule has 1 aromatic carbocycles. The maximum Gasteiger partial charge on any atom is 0.341 e. The molecule has 3 rings (SSSR count). The van der Waals surface area contributed by atoms with Crippen LogP contribution in [0.2, 0.25) is 0 Å². The highest BCUT2D eigenvalue weighted by Gasteiger charge is 2.17. The van der Waals surface area contributed by atoms with Crippen molar-refractivity contribution in [3.8, 4) is 0 Å². The molecule has 0 radical (unpaired) electrons. The highest BCUT2D eigenvalue weighted by atomic mass is 16.5. The molecule has 0 saturated carbocycles. The number of benzene rings is 1. The van der Waals surface area contributed by atoms with Crippen LogP contribution in [0.5, 0.6) is 0 Å². The number of aryl methyl sites for hydroxylation is 1. The molecule has 25 heavy (non-hydrogen) atoms. The molecule has 0 spiro atoms. The normalized spacial score (nSPS) is 11.5. The van der Waals surface area contributed by atoms with Crippen LogP contribution in [0.4, 0.5) is 0 Å². The number of rotatable bonds is 6. The lowest BCUT2D eigenvalue weighted by molar-refractivity contribution is -0.136. The van der Waals surface area contributed by atoms with E-state index in [-0.39, 0.29) is 0 Å². The maximum atomic E-state index is 12.3. The van der Waals surface area contributed by atoms with Gasteiger partial charge in [-0.3, -0.25) is 4.68 Å². The number of aromatic nitrogens is 4. The largest absolute Gasteiger partial charge is 0.462 e. The van der Waals surface area contributed by atoms with Gasteiger partial charge >= 0.3 is 5.97 Å². The van der Waals surface area contributed by atoms with Crippen molar-refractivity contribution in [2.75, 3.05) is 6.61 Å². The highest BCUT2D eigenvalue weighted by Crippen LogP contribution is 2.18. The van der Waals surface area contributed by atoms with Gasteiger partial charge in [0.1, 0.15) is 11.4 Å². The van der Waals surface area contributed by atoms with E-state index >= 15 is 0 Å². The summed E-state index contributed by atoms with van der Waals surface area (Å²) in [5, 5.41) is 4.37. The molecule has 128 valence electrons. The summed E-state index contributed by atoms with van der Waals surface area (Å²) < 4.78 is 8.79. The Kier molecular flexibility index (Phi) is 5.09. The fourth-order valence-electron chi connectivity index (χ4n) is 2.53. The third kappa shape index (κ3) is 4.03. The van der Waals surface area contributed by atoms with E-state index in [2.05, 4.69) is 22.2 Å². The molecule has 0 aliphatic heterocycles. The Labute approximate surface area is 146 Å². The zero-order chi connectivity index (χ0) is 17.6. The monoisotopic (exact) mass is 336 g/mol. The van der Waals surface area contributed by atoms with Crippen LogP contribution in [0.15, 0.2) is 55.1 Å². The van der Waals surface area contributed by atoms with Crippen molar-refractivity contribution in [3.05, 3.63) is 72.1 Å². The fourth-order valence-corrected chi connectivity index (χ4v) is 2.53. The molecule has 0 aliphatic rings. The van der Waals surface area contributed by atoms with Crippen LogP contribution in [0.3, 0.4) is 0 Å². The number of hydrogen-bond acceptors (Lipinski definition) is 4. The Morgan fingerprint density at radius 1 is 1.28 bits per heavy atom. The second kappa shape index (κ2) is 7.61. The molecule has 6 nitrogen and oxygen atoms in total. The molecule has 0 unspecified atom stereocenters. The smallest absolute Gasteiger partial charge is 0.341 e. The zero-order valence-electron chi connectivity index (χ0n) is 14.3. The van der Waals surface area contributed by atoms with Gasteiger partial charge in [0.2, 0.25) is 0 Å². The molecular formula is C19H20N4O2. The predicted octanol–water partition coefficient (Wildman–Crippen LogP) is 2.77. The molecule has 2 aromatic heterocycles. The van der Waals surface area contributed by atoms with Crippen LogP contribution < -0.4 is 0 Å². The molecule has 6 heteroatoms. The number of imidazole rings is 1. The molecule has 0 fully saturated rings. The Balaban J connectivity index is 1.88. The molecule has 0 aliphatic carbocycles. The number of carbonyl (C=O) groups is 1. The van der Waals surface area contributed by atoms with Gasteiger partial charge in [0, 0.05) is 31.2 Å². The summed E-state index contributed by atoms with van der Waals surface area (Å²) in [6.45, 7) is 2.77. The van der Waals surface area contributed by atoms with Crippen molar-refractivity contribution in [2.45, 2.75) is 13.5 Å². The maximum absolute atomic E-state index is 12.3. The molecule has 2 heterocycles. The molecule has 3 aromatic rings. The van der Waals surface area contributed by atoms with Crippen molar-refractivity contribution in [3.63, 3.8) is 0 Å². The van der Waals surface area contributed by atoms with Crippen molar-refractivity contribution in [1.82, 2.24) is 19.3 Å². The minimum absolute atomic E-state index is 0.313. The zero-order valence-corrected chi connectivity index (χ0v) is 14.3. The minimum atomic E-state index is -0.396. The van der Waals surface area contributed by atoms with E-state index in [1.54, 1.807) is 36.2 Å². The van der Waals surface area contributed by atoms with Crippen LogP contribution in [0, 0.1) is 0 Å². The summed E-state index contributed by atoms with van der Waals surface area (Å²) >= 11 is 0. The SMILES string of the molecule is CCOC(=O)C(=Cc1cnn(Cc2ccccc2)c1)c1nccn1C. The van der Waals surface area contributed by atoms with Gasteiger partial charge in [-0.1, -0.05) is 30.3 Å². The third-order valence-corrected chi connectivity index (χ3v) is 3.71. The fraction of sp³-hybridized carbons (Fsp3) is 0.211. The van der Waals surface area contributed by atoms with Crippen molar-refractivity contribution in [2.24, 2.45) is 7.05 Å². The third-order valence-electron chi connectivity index (χ3n) is 3.71. The topological polar surface area (TPSA) is 61.9 Å². The summed E-state index contributed by atoms with van der Waals surface area (Å²) in [6, 6.07) is 10.1. The summed E-state index contributed by atoms with van der Waals surface area (Å²) in [5.41, 5.74) is 2.39. The van der Waals surface area contributed by atoms with Gasteiger partial charge in [0.25, 0.3) is 0 Å². The van der Waals surface area contributed by atoms with Crippen molar-refractivity contribution >= 4 is 17.6 Å². The first-order valence-corrected chi connectivity index (χ1v) is 8.10. The van der Waals surface area contributed by atoms with Crippen molar-refractivity contribution < 1.29 is 9.53 Å². The van der Waals surface area contributed by atoms with Gasteiger partial charge in [-0.25, -0.2) is 9.78 Å². The average molecular weight is 336 g/mol. The first kappa shape index (κ1) is 16.7. The number of esters is 1. The van der Waals surface area contributed by atoms with E-state index in [0.717, 1.165) is 11.1 Å². The van der Waals surface area contributed by atoms with E-state index < -0.39 is 5.97 Å². The van der Waals surface area contributed by atoms with Crippen molar-refractivity contribution in [1.29, 1.82) is 0 Å². The summed E-state index contributed by atoms with van der Waals surface area (Å²) in [7, 11) is 1.84. The van der Waals surface area contributed by atoms with E-state index in [0.29, 0.717) is 24.5 Å². The van der Waals surface area contributed by atoms with Crippen LogP contribution in [0.1, 0.15) is 23.9 Å². The number of hydrogen-bond donors (Lipinski definition) is 0. The second-order valence-corrected chi connectivity index (χ2v) is 5.60. The van der Waals surface area contributed by atoms with Gasteiger partial charge in [0.15, 0.2) is 0 Å². The van der Waals surface area contributed by atoms with Crippen LogP contribution in [0.25, 0.3) is 11.6 Å². The first-order valence-electron chi connectivity index (χ1n) is 8.10. The Morgan fingerprint density at radius 3 is 2.76 bits per heavy atom. The molecule has 0 bridgehead atoms. The Morgan fingerprint density at radius 2 is 2.08 bits per heavy atom. The minimum Gasteiger partial charge on any atom is -0.462 e. The van der Waals surface area contributed by atoms with E-state index in [9.17, 15) is 4.79 Å². The van der Waals surface area contributed by atoms with E-state index in [4.69, 9.17) is 4.74 Å². The van der Waals surface area contributed by atoms with Gasteiger partial charge in [-0.05, 0) is 18.6 Å². The molecule has 0 amide bonds. The second-order valence-electron chi connectivity index (χ2n) is 5.60. The molecule has 0 N–H and O–H groups in total. The van der Waals surface area contributed by atoms with E-state index in [1.807, 2.05) is 36.1 Å². The standard InChI is InChI=1S/C19H20N4O2/c1-3-25-19(24)17(18-20-9-10-22(18)2)11-16-12-21-23(14-16)13-15-7-5-4-6-8-15/h4-12,14H,3,13H2,1-2H3. The lowest BCUT2D eigenvalue weighted by Crippen LogP contribution is -2.10. The lowest BCUT2D eigenvalue weighted by atomic mass is 10.2. The molecular weight excluding hydrogens is 316 g/mol.